The van der Waals surface area contributed by atoms with Crippen LogP contribution in [0.5, 0.6) is 0 Å². The summed E-state index contributed by atoms with van der Waals surface area (Å²) in [6.45, 7) is 5.19. The molecule has 0 saturated carbocycles. The zero-order valence-electron chi connectivity index (χ0n) is 10.3. The molecule has 0 bridgehead atoms. The molecule has 2 aromatic heterocycles. The summed E-state index contributed by atoms with van der Waals surface area (Å²) in [6, 6.07) is 8.92. The maximum Gasteiger partial charge on any atom is 0.0470 e. The highest BCUT2D eigenvalue weighted by Gasteiger charge is 2.12. The number of likely N-dealkylation sites (N-methyl/N-ethyl adjacent to an activating group) is 1. The lowest BCUT2D eigenvalue weighted by Gasteiger charge is -2.15. The van der Waals surface area contributed by atoms with Crippen molar-refractivity contribution in [2.45, 2.75) is 26.3 Å². The molecule has 0 amide bonds. The Morgan fingerprint density at radius 1 is 1.35 bits per heavy atom. The lowest BCUT2D eigenvalue weighted by atomic mass is 10.1. The highest BCUT2D eigenvalue weighted by atomic mass is 32.1. The van der Waals surface area contributed by atoms with Gasteiger partial charge in [-0.1, -0.05) is 19.1 Å². The van der Waals surface area contributed by atoms with Crippen molar-refractivity contribution in [2.75, 3.05) is 6.54 Å². The summed E-state index contributed by atoms with van der Waals surface area (Å²) in [7, 11) is 0. The van der Waals surface area contributed by atoms with E-state index >= 15 is 0 Å². The average molecular weight is 246 g/mol. The van der Waals surface area contributed by atoms with Crippen molar-refractivity contribution in [1.82, 2.24) is 10.3 Å². The van der Waals surface area contributed by atoms with E-state index in [2.05, 4.69) is 53.8 Å². The van der Waals surface area contributed by atoms with Gasteiger partial charge in [-0.05, 0) is 36.5 Å². The van der Waals surface area contributed by atoms with E-state index in [0.717, 1.165) is 18.7 Å². The molecule has 2 aromatic rings. The summed E-state index contributed by atoms with van der Waals surface area (Å²) in [5, 5.41) is 5.65. The molecular formula is C14H18N2S. The van der Waals surface area contributed by atoms with E-state index < -0.39 is 0 Å². The first-order valence-electron chi connectivity index (χ1n) is 5.98. The number of thiophene rings is 1. The van der Waals surface area contributed by atoms with Gasteiger partial charge in [0, 0.05) is 29.2 Å². The van der Waals surface area contributed by atoms with E-state index in [4.69, 9.17) is 0 Å². The smallest absolute Gasteiger partial charge is 0.0470 e. The van der Waals surface area contributed by atoms with Gasteiger partial charge in [-0.3, -0.25) is 4.98 Å². The van der Waals surface area contributed by atoms with Crippen LogP contribution < -0.4 is 5.32 Å². The fourth-order valence-electron chi connectivity index (χ4n) is 1.84. The largest absolute Gasteiger partial charge is 0.309 e. The molecule has 0 fully saturated rings. The molecule has 3 heteroatoms. The number of aromatic nitrogens is 1. The molecule has 0 aliphatic heterocycles. The summed E-state index contributed by atoms with van der Waals surface area (Å²) in [4.78, 5) is 5.86. The predicted octanol–water partition coefficient (Wildman–Crippen LogP) is 3.34. The van der Waals surface area contributed by atoms with Crippen LogP contribution in [0.3, 0.4) is 0 Å². The van der Waals surface area contributed by atoms with E-state index in [9.17, 15) is 0 Å². The molecule has 0 aliphatic rings. The molecule has 1 N–H and O–H groups in total. The maximum atomic E-state index is 4.47. The van der Waals surface area contributed by atoms with Crippen LogP contribution in [0.25, 0.3) is 0 Å². The Labute approximate surface area is 107 Å². The van der Waals surface area contributed by atoms with Crippen LogP contribution in [0, 0.1) is 6.92 Å². The third-order valence-corrected chi connectivity index (χ3v) is 3.71. The molecule has 0 aromatic carbocycles. The summed E-state index contributed by atoms with van der Waals surface area (Å²) < 4.78 is 0. The third-order valence-electron chi connectivity index (χ3n) is 2.72. The number of rotatable bonds is 5. The minimum atomic E-state index is 0.384. The van der Waals surface area contributed by atoms with Gasteiger partial charge in [0.1, 0.15) is 0 Å². The average Bonchev–Trinajstić information content (AvgIpc) is 2.85. The molecule has 0 aliphatic carbocycles. The zero-order valence-corrected chi connectivity index (χ0v) is 11.1. The number of pyridine rings is 1. The van der Waals surface area contributed by atoms with Crippen molar-refractivity contribution in [1.29, 1.82) is 0 Å². The first-order valence-corrected chi connectivity index (χ1v) is 6.86. The van der Waals surface area contributed by atoms with Gasteiger partial charge >= 0.3 is 0 Å². The summed E-state index contributed by atoms with van der Waals surface area (Å²) in [6.07, 6.45) is 2.89. The van der Waals surface area contributed by atoms with Crippen LogP contribution in [-0.2, 0) is 6.42 Å². The van der Waals surface area contributed by atoms with Crippen molar-refractivity contribution >= 4 is 11.3 Å². The second-order valence-electron chi connectivity index (χ2n) is 4.16. The van der Waals surface area contributed by atoms with Crippen LogP contribution in [0.1, 0.15) is 29.1 Å². The van der Waals surface area contributed by atoms with E-state index in [1.54, 1.807) is 11.3 Å². The Morgan fingerprint density at radius 2 is 2.24 bits per heavy atom. The van der Waals surface area contributed by atoms with Crippen LogP contribution in [0.2, 0.25) is 0 Å². The monoisotopic (exact) mass is 246 g/mol. The molecule has 1 atom stereocenters. The van der Waals surface area contributed by atoms with E-state index in [1.807, 2.05) is 6.20 Å². The summed E-state index contributed by atoms with van der Waals surface area (Å²) >= 11 is 1.80. The van der Waals surface area contributed by atoms with Crippen molar-refractivity contribution in [3.8, 4) is 0 Å². The SMILES string of the molecule is CCNC(Cc1ccc(C)cn1)c1cccs1. The number of nitrogens with one attached hydrogen (secondary N) is 1. The topological polar surface area (TPSA) is 24.9 Å². The van der Waals surface area contributed by atoms with Gasteiger partial charge in [0.2, 0.25) is 0 Å². The molecule has 2 heterocycles. The highest BCUT2D eigenvalue weighted by molar-refractivity contribution is 7.10. The van der Waals surface area contributed by atoms with Crippen LogP contribution in [0.15, 0.2) is 35.8 Å². The molecule has 0 spiro atoms. The molecular weight excluding hydrogens is 228 g/mol. The second-order valence-corrected chi connectivity index (χ2v) is 5.14. The van der Waals surface area contributed by atoms with Gasteiger partial charge in [-0.15, -0.1) is 11.3 Å². The van der Waals surface area contributed by atoms with E-state index in [-0.39, 0.29) is 0 Å². The fraction of sp³-hybridized carbons (Fsp3) is 0.357. The quantitative estimate of drug-likeness (QED) is 0.875. The molecule has 0 radical (unpaired) electrons. The van der Waals surface area contributed by atoms with Gasteiger partial charge in [0.05, 0.1) is 0 Å². The van der Waals surface area contributed by atoms with Gasteiger partial charge in [-0.2, -0.15) is 0 Å². The Kier molecular flexibility index (Phi) is 4.29. The third kappa shape index (κ3) is 3.38. The number of hydrogen-bond acceptors (Lipinski definition) is 3. The zero-order chi connectivity index (χ0) is 12.1. The van der Waals surface area contributed by atoms with Crippen molar-refractivity contribution < 1.29 is 0 Å². The molecule has 2 rings (SSSR count). The predicted molar refractivity (Wildman–Crippen MR) is 73.4 cm³/mol. The minimum absolute atomic E-state index is 0.384. The van der Waals surface area contributed by atoms with Crippen molar-refractivity contribution in [2.24, 2.45) is 0 Å². The first kappa shape index (κ1) is 12.3. The maximum absolute atomic E-state index is 4.47. The van der Waals surface area contributed by atoms with Gasteiger partial charge in [-0.25, -0.2) is 0 Å². The Bertz CT molecular complexity index is 434. The normalized spacial score (nSPS) is 12.6. The number of hydrogen-bond donors (Lipinski definition) is 1. The Morgan fingerprint density at radius 3 is 2.82 bits per heavy atom. The second kappa shape index (κ2) is 5.94. The standard InChI is InChI=1S/C14H18N2S/c1-3-15-13(14-5-4-8-17-14)9-12-7-6-11(2)10-16-12/h4-8,10,13,15H,3,9H2,1-2H3. The van der Waals surface area contributed by atoms with E-state index in [1.165, 1.54) is 10.4 Å². The van der Waals surface area contributed by atoms with Crippen LogP contribution in [-0.4, -0.2) is 11.5 Å². The fourth-order valence-corrected chi connectivity index (χ4v) is 2.64. The Hall–Kier alpha value is -1.19. The highest BCUT2D eigenvalue weighted by Crippen LogP contribution is 2.22. The van der Waals surface area contributed by atoms with Gasteiger partial charge in [0.15, 0.2) is 0 Å². The molecule has 90 valence electrons. The molecule has 2 nitrogen and oxygen atoms in total. The first-order chi connectivity index (χ1) is 8.29. The van der Waals surface area contributed by atoms with Crippen molar-refractivity contribution in [3.05, 3.63) is 52.0 Å². The minimum Gasteiger partial charge on any atom is -0.309 e. The summed E-state index contributed by atoms with van der Waals surface area (Å²) in [5.74, 6) is 0. The lowest BCUT2D eigenvalue weighted by molar-refractivity contribution is 0.552. The van der Waals surface area contributed by atoms with Crippen LogP contribution >= 0.6 is 11.3 Å². The molecule has 1 unspecified atom stereocenters. The summed E-state index contributed by atoms with van der Waals surface area (Å²) in [5.41, 5.74) is 2.36. The van der Waals surface area contributed by atoms with Crippen molar-refractivity contribution in [3.63, 3.8) is 0 Å². The Balaban J connectivity index is 2.10. The van der Waals surface area contributed by atoms with Gasteiger partial charge < -0.3 is 5.32 Å². The molecule has 17 heavy (non-hydrogen) atoms. The number of aryl methyl sites for hydroxylation is 1. The lowest BCUT2D eigenvalue weighted by Crippen LogP contribution is -2.22. The van der Waals surface area contributed by atoms with E-state index in [0.29, 0.717) is 6.04 Å². The number of nitrogens with zero attached hydrogens (tertiary/aromatic N) is 1. The van der Waals surface area contributed by atoms with Gasteiger partial charge in [0.25, 0.3) is 0 Å². The van der Waals surface area contributed by atoms with Crippen LogP contribution in [0.4, 0.5) is 0 Å². The molecule has 0 saturated heterocycles.